The third-order valence-electron chi connectivity index (χ3n) is 2.18. The molecule has 2 rings (SSSR count). The van der Waals surface area contributed by atoms with Crippen molar-refractivity contribution in [3.8, 4) is 5.75 Å². The lowest BCUT2D eigenvalue weighted by atomic mass is 10.3. The second-order valence-corrected chi connectivity index (χ2v) is 3.75. The van der Waals surface area contributed by atoms with E-state index in [9.17, 15) is 0 Å². The van der Waals surface area contributed by atoms with Crippen LogP contribution in [0, 0.1) is 0 Å². The Morgan fingerprint density at radius 1 is 1.50 bits per heavy atom. The summed E-state index contributed by atoms with van der Waals surface area (Å²) in [6.07, 6.45) is 4.36. The normalized spacial score (nSPS) is 15.3. The molecular formula is C10H15N3O. The SMILES string of the molecule is CN(C)c1c(OC2CC2)ccnc1N. The van der Waals surface area contributed by atoms with Crippen molar-refractivity contribution in [1.82, 2.24) is 4.98 Å². The Bertz CT molecular complexity index is 334. The molecule has 1 heterocycles. The minimum atomic E-state index is 0.385. The molecule has 0 saturated heterocycles. The summed E-state index contributed by atoms with van der Waals surface area (Å²) in [6.45, 7) is 0. The highest BCUT2D eigenvalue weighted by molar-refractivity contribution is 5.70. The molecule has 0 unspecified atom stereocenters. The van der Waals surface area contributed by atoms with Crippen LogP contribution in [0.2, 0.25) is 0 Å². The van der Waals surface area contributed by atoms with Gasteiger partial charge in [0.25, 0.3) is 0 Å². The maximum Gasteiger partial charge on any atom is 0.150 e. The first kappa shape index (κ1) is 9.12. The molecule has 0 bridgehead atoms. The fraction of sp³-hybridized carbons (Fsp3) is 0.500. The Kier molecular flexibility index (Phi) is 2.19. The third-order valence-corrected chi connectivity index (χ3v) is 2.18. The van der Waals surface area contributed by atoms with E-state index in [4.69, 9.17) is 10.5 Å². The molecule has 0 aliphatic heterocycles. The fourth-order valence-electron chi connectivity index (χ4n) is 1.36. The number of hydrogen-bond donors (Lipinski definition) is 1. The molecule has 4 heteroatoms. The molecule has 4 nitrogen and oxygen atoms in total. The van der Waals surface area contributed by atoms with E-state index >= 15 is 0 Å². The minimum Gasteiger partial charge on any atom is -0.488 e. The zero-order chi connectivity index (χ0) is 10.1. The van der Waals surface area contributed by atoms with Gasteiger partial charge in [-0.05, 0) is 12.8 Å². The number of rotatable bonds is 3. The molecule has 1 aromatic rings. The molecule has 1 aliphatic carbocycles. The summed E-state index contributed by atoms with van der Waals surface area (Å²) in [5.74, 6) is 1.36. The van der Waals surface area contributed by atoms with Gasteiger partial charge in [0.05, 0.1) is 6.10 Å². The zero-order valence-electron chi connectivity index (χ0n) is 8.53. The fourth-order valence-corrected chi connectivity index (χ4v) is 1.36. The van der Waals surface area contributed by atoms with Gasteiger partial charge in [0.1, 0.15) is 11.4 Å². The number of nitrogen functional groups attached to an aromatic ring is 1. The van der Waals surface area contributed by atoms with Crippen molar-refractivity contribution in [2.75, 3.05) is 24.7 Å². The number of anilines is 2. The van der Waals surface area contributed by atoms with Crippen LogP contribution >= 0.6 is 0 Å². The maximum absolute atomic E-state index is 5.79. The van der Waals surface area contributed by atoms with E-state index in [-0.39, 0.29) is 0 Å². The summed E-state index contributed by atoms with van der Waals surface area (Å²) < 4.78 is 5.74. The topological polar surface area (TPSA) is 51.4 Å². The monoisotopic (exact) mass is 193 g/mol. The molecule has 1 saturated carbocycles. The summed E-state index contributed by atoms with van der Waals surface area (Å²) in [4.78, 5) is 5.98. The number of pyridine rings is 1. The van der Waals surface area contributed by atoms with Crippen molar-refractivity contribution < 1.29 is 4.74 Å². The van der Waals surface area contributed by atoms with Gasteiger partial charge >= 0.3 is 0 Å². The third kappa shape index (κ3) is 1.73. The van der Waals surface area contributed by atoms with Gasteiger partial charge in [-0.25, -0.2) is 4.98 Å². The largest absolute Gasteiger partial charge is 0.488 e. The van der Waals surface area contributed by atoms with Gasteiger partial charge in [-0.1, -0.05) is 0 Å². The first-order valence-electron chi connectivity index (χ1n) is 4.77. The van der Waals surface area contributed by atoms with Gasteiger partial charge in [-0.2, -0.15) is 0 Å². The Morgan fingerprint density at radius 3 is 2.79 bits per heavy atom. The van der Waals surface area contributed by atoms with Gasteiger partial charge < -0.3 is 15.4 Å². The van der Waals surface area contributed by atoms with Crippen LogP contribution in [-0.2, 0) is 0 Å². The van der Waals surface area contributed by atoms with Crippen molar-refractivity contribution in [2.24, 2.45) is 0 Å². The predicted octanol–water partition coefficient (Wildman–Crippen LogP) is 1.27. The molecule has 0 atom stereocenters. The molecule has 2 N–H and O–H groups in total. The van der Waals surface area contributed by atoms with E-state index in [0.717, 1.165) is 24.3 Å². The van der Waals surface area contributed by atoms with E-state index in [2.05, 4.69) is 4.98 Å². The summed E-state index contributed by atoms with van der Waals surface area (Å²) >= 11 is 0. The van der Waals surface area contributed by atoms with Crippen LogP contribution in [0.1, 0.15) is 12.8 Å². The average molecular weight is 193 g/mol. The van der Waals surface area contributed by atoms with E-state index in [1.54, 1.807) is 6.20 Å². The Balaban J connectivity index is 2.30. The van der Waals surface area contributed by atoms with Crippen molar-refractivity contribution in [3.63, 3.8) is 0 Å². The molecule has 14 heavy (non-hydrogen) atoms. The van der Waals surface area contributed by atoms with Crippen molar-refractivity contribution in [3.05, 3.63) is 12.3 Å². The lowest BCUT2D eigenvalue weighted by Gasteiger charge is -2.18. The van der Waals surface area contributed by atoms with Gasteiger partial charge in [0, 0.05) is 26.4 Å². The Hall–Kier alpha value is -1.45. The van der Waals surface area contributed by atoms with Gasteiger partial charge in [0.15, 0.2) is 5.82 Å². The molecule has 0 spiro atoms. The zero-order valence-corrected chi connectivity index (χ0v) is 8.53. The standard InChI is InChI=1S/C10H15N3O/c1-13(2)9-8(14-7-3-4-7)5-6-12-10(9)11/h5-7H,3-4H2,1-2H3,(H2,11,12). The number of hydrogen-bond acceptors (Lipinski definition) is 4. The predicted molar refractivity (Wildman–Crippen MR) is 56.6 cm³/mol. The molecule has 1 aliphatic rings. The van der Waals surface area contributed by atoms with Crippen LogP contribution in [0.3, 0.4) is 0 Å². The maximum atomic E-state index is 5.79. The number of nitrogens with zero attached hydrogens (tertiary/aromatic N) is 2. The highest BCUT2D eigenvalue weighted by Gasteiger charge is 2.25. The lowest BCUT2D eigenvalue weighted by Crippen LogP contribution is -2.14. The van der Waals surface area contributed by atoms with Crippen molar-refractivity contribution in [2.45, 2.75) is 18.9 Å². The summed E-state index contributed by atoms with van der Waals surface area (Å²) in [7, 11) is 3.88. The first-order chi connectivity index (χ1) is 6.68. The van der Waals surface area contributed by atoms with Crippen LogP contribution < -0.4 is 15.4 Å². The van der Waals surface area contributed by atoms with E-state index in [0.29, 0.717) is 11.9 Å². The number of nitrogens with two attached hydrogens (primary N) is 1. The van der Waals surface area contributed by atoms with Gasteiger partial charge in [0.2, 0.25) is 0 Å². The molecule has 76 valence electrons. The van der Waals surface area contributed by atoms with Crippen molar-refractivity contribution in [1.29, 1.82) is 0 Å². The molecule has 0 radical (unpaired) electrons. The van der Waals surface area contributed by atoms with Crippen LogP contribution in [0.25, 0.3) is 0 Å². The highest BCUT2D eigenvalue weighted by atomic mass is 16.5. The van der Waals surface area contributed by atoms with Crippen molar-refractivity contribution >= 4 is 11.5 Å². The second kappa shape index (κ2) is 3.36. The van der Waals surface area contributed by atoms with Crippen LogP contribution in [0.15, 0.2) is 12.3 Å². The van der Waals surface area contributed by atoms with Gasteiger partial charge in [-0.15, -0.1) is 0 Å². The first-order valence-corrected chi connectivity index (χ1v) is 4.77. The minimum absolute atomic E-state index is 0.385. The second-order valence-electron chi connectivity index (χ2n) is 3.75. The summed E-state index contributed by atoms with van der Waals surface area (Å²) in [6, 6.07) is 1.87. The van der Waals surface area contributed by atoms with E-state index in [1.807, 2.05) is 25.1 Å². The van der Waals surface area contributed by atoms with Crippen LogP contribution in [0.5, 0.6) is 5.75 Å². The lowest BCUT2D eigenvalue weighted by molar-refractivity contribution is 0.304. The van der Waals surface area contributed by atoms with Crippen LogP contribution in [-0.4, -0.2) is 25.2 Å². The molecule has 1 aromatic heterocycles. The molecule has 1 fully saturated rings. The smallest absolute Gasteiger partial charge is 0.150 e. The summed E-state index contributed by atoms with van der Waals surface area (Å²) in [5, 5.41) is 0. The average Bonchev–Trinajstić information content (AvgIpc) is 2.87. The van der Waals surface area contributed by atoms with E-state index < -0.39 is 0 Å². The Labute approximate surface area is 83.7 Å². The number of ether oxygens (including phenoxy) is 1. The molecule has 0 aromatic carbocycles. The Morgan fingerprint density at radius 2 is 2.21 bits per heavy atom. The molecule has 0 amide bonds. The summed E-state index contributed by atoms with van der Waals surface area (Å²) in [5.41, 5.74) is 6.66. The van der Waals surface area contributed by atoms with Crippen LogP contribution in [0.4, 0.5) is 11.5 Å². The number of aromatic nitrogens is 1. The highest BCUT2D eigenvalue weighted by Crippen LogP contribution is 2.35. The van der Waals surface area contributed by atoms with E-state index in [1.165, 1.54) is 0 Å². The quantitative estimate of drug-likeness (QED) is 0.785. The van der Waals surface area contributed by atoms with Gasteiger partial charge in [-0.3, -0.25) is 0 Å². The molecular weight excluding hydrogens is 178 g/mol.